The highest BCUT2D eigenvalue weighted by atomic mass is 35.7. The fourth-order valence-corrected chi connectivity index (χ4v) is 2.66. The highest BCUT2D eigenvalue weighted by Crippen LogP contribution is 2.24. The third kappa shape index (κ3) is 3.56. The van der Waals surface area contributed by atoms with Crippen LogP contribution in [0.1, 0.15) is 10.4 Å². The topological polar surface area (TPSA) is 106 Å². The minimum absolute atomic E-state index is 0.550. The number of rotatable bonds is 3. The van der Waals surface area contributed by atoms with Crippen LogP contribution < -0.4 is 0 Å². The summed E-state index contributed by atoms with van der Waals surface area (Å²) in [6, 6.07) is 2.14. The molecule has 94 valence electrons. The lowest BCUT2D eigenvalue weighted by Gasteiger charge is -2.02. The smallest absolute Gasteiger partial charge is 0.335 e. The van der Waals surface area contributed by atoms with E-state index in [0.717, 1.165) is 12.1 Å². The van der Waals surface area contributed by atoms with Crippen LogP contribution in [0.15, 0.2) is 28.0 Å². The molecule has 0 aliphatic heterocycles. The maximum atomic E-state index is 11.0. The Labute approximate surface area is 106 Å². The van der Waals surface area contributed by atoms with Gasteiger partial charge in [-0.3, -0.25) is 0 Å². The summed E-state index contributed by atoms with van der Waals surface area (Å²) in [5, 5.41) is 8.69. The molecule has 1 aromatic rings. The number of carboxylic acids is 1. The molecule has 0 atom stereocenters. The summed E-state index contributed by atoms with van der Waals surface area (Å²) >= 11 is 0. The van der Waals surface area contributed by atoms with Crippen LogP contribution in [-0.2, 0) is 18.1 Å². The molecule has 10 heteroatoms. The van der Waals surface area contributed by atoms with Gasteiger partial charge in [-0.05, 0) is 18.2 Å². The molecule has 0 unspecified atom stereocenters. The van der Waals surface area contributed by atoms with Gasteiger partial charge in [0.2, 0.25) is 0 Å². The second-order valence-corrected chi connectivity index (χ2v) is 8.01. The Hall–Kier alpha value is -0.830. The molecule has 0 saturated carbocycles. The fraction of sp³-hybridized carbons (Fsp3) is 0. The molecule has 0 saturated heterocycles. The molecule has 17 heavy (non-hydrogen) atoms. The molecular formula is C7H4Cl2O6S2. The normalized spacial score (nSPS) is 12.4. The zero-order chi connectivity index (χ0) is 13.4. The van der Waals surface area contributed by atoms with Crippen molar-refractivity contribution in [3.05, 3.63) is 23.8 Å². The van der Waals surface area contributed by atoms with Gasteiger partial charge in [0.1, 0.15) is 0 Å². The zero-order valence-electron chi connectivity index (χ0n) is 7.79. The van der Waals surface area contributed by atoms with E-state index in [1.54, 1.807) is 0 Å². The first-order chi connectivity index (χ1) is 7.51. The van der Waals surface area contributed by atoms with Crippen molar-refractivity contribution in [2.75, 3.05) is 0 Å². The summed E-state index contributed by atoms with van der Waals surface area (Å²) < 4.78 is 44.1. The zero-order valence-corrected chi connectivity index (χ0v) is 10.9. The van der Waals surface area contributed by atoms with Gasteiger partial charge in [-0.25, -0.2) is 21.6 Å². The molecule has 0 heterocycles. The highest BCUT2D eigenvalue weighted by Gasteiger charge is 2.20. The van der Waals surface area contributed by atoms with E-state index < -0.39 is 39.4 Å². The highest BCUT2D eigenvalue weighted by molar-refractivity contribution is 8.14. The van der Waals surface area contributed by atoms with Crippen molar-refractivity contribution in [2.24, 2.45) is 0 Å². The Balaban J connectivity index is 3.68. The second-order valence-electron chi connectivity index (χ2n) is 2.87. The van der Waals surface area contributed by atoms with Gasteiger partial charge in [0.05, 0.1) is 15.4 Å². The summed E-state index contributed by atoms with van der Waals surface area (Å²) in [4.78, 5) is 9.37. The summed E-state index contributed by atoms with van der Waals surface area (Å²) in [6.07, 6.45) is 0. The Morgan fingerprint density at radius 3 is 1.53 bits per heavy atom. The SMILES string of the molecule is O=C(O)c1cc(S(=O)(=O)Cl)cc(S(=O)(=O)Cl)c1. The Morgan fingerprint density at radius 2 is 1.29 bits per heavy atom. The lowest BCUT2D eigenvalue weighted by atomic mass is 10.2. The Kier molecular flexibility index (Phi) is 3.72. The maximum absolute atomic E-state index is 11.0. The summed E-state index contributed by atoms with van der Waals surface area (Å²) in [7, 11) is 1.49. The van der Waals surface area contributed by atoms with E-state index in [0.29, 0.717) is 6.07 Å². The van der Waals surface area contributed by atoms with Crippen molar-refractivity contribution in [3.63, 3.8) is 0 Å². The van der Waals surface area contributed by atoms with Crippen LogP contribution in [0, 0.1) is 0 Å². The first kappa shape index (κ1) is 14.2. The van der Waals surface area contributed by atoms with E-state index in [2.05, 4.69) is 0 Å². The molecule has 0 bridgehead atoms. The molecule has 0 amide bonds. The molecule has 1 rings (SSSR count). The number of hydrogen-bond donors (Lipinski definition) is 1. The van der Waals surface area contributed by atoms with E-state index in [1.807, 2.05) is 0 Å². The third-order valence-corrected chi connectivity index (χ3v) is 4.36. The van der Waals surface area contributed by atoms with Crippen LogP contribution in [0.4, 0.5) is 0 Å². The van der Waals surface area contributed by atoms with Crippen molar-refractivity contribution >= 4 is 45.4 Å². The van der Waals surface area contributed by atoms with Crippen molar-refractivity contribution in [3.8, 4) is 0 Å². The number of halogens is 2. The van der Waals surface area contributed by atoms with Gasteiger partial charge < -0.3 is 5.11 Å². The van der Waals surface area contributed by atoms with Gasteiger partial charge in [-0.2, -0.15) is 0 Å². The monoisotopic (exact) mass is 318 g/mol. The van der Waals surface area contributed by atoms with E-state index in [-0.39, 0.29) is 0 Å². The Morgan fingerprint density at radius 1 is 0.941 bits per heavy atom. The van der Waals surface area contributed by atoms with Gasteiger partial charge >= 0.3 is 5.97 Å². The standard InChI is InChI=1S/C7H4Cl2O6S2/c8-16(12,13)5-1-4(7(10)11)2-6(3-5)17(9,14)15/h1-3H,(H,10,11). The van der Waals surface area contributed by atoms with E-state index >= 15 is 0 Å². The molecule has 1 aromatic carbocycles. The maximum Gasteiger partial charge on any atom is 0.335 e. The molecular weight excluding hydrogens is 315 g/mol. The first-order valence-electron chi connectivity index (χ1n) is 3.79. The van der Waals surface area contributed by atoms with E-state index in [4.69, 9.17) is 26.5 Å². The fourth-order valence-electron chi connectivity index (χ4n) is 0.977. The van der Waals surface area contributed by atoms with Crippen LogP contribution >= 0.6 is 21.4 Å². The molecule has 0 radical (unpaired) electrons. The number of hydrogen-bond acceptors (Lipinski definition) is 5. The predicted molar refractivity (Wildman–Crippen MR) is 59.5 cm³/mol. The molecule has 1 N–H and O–H groups in total. The number of carboxylic acid groups (broad SMARTS) is 1. The molecule has 6 nitrogen and oxygen atoms in total. The van der Waals surface area contributed by atoms with Crippen LogP contribution in [-0.4, -0.2) is 27.9 Å². The quantitative estimate of drug-likeness (QED) is 0.840. The average Bonchev–Trinajstić information content (AvgIpc) is 2.14. The van der Waals surface area contributed by atoms with Crippen LogP contribution in [0.2, 0.25) is 0 Å². The second kappa shape index (κ2) is 4.45. The minimum atomic E-state index is -4.26. The molecule has 0 aliphatic carbocycles. The van der Waals surface area contributed by atoms with Crippen LogP contribution in [0.5, 0.6) is 0 Å². The van der Waals surface area contributed by atoms with E-state index in [1.165, 1.54) is 0 Å². The molecule has 0 aliphatic rings. The van der Waals surface area contributed by atoms with Gasteiger partial charge in [-0.15, -0.1) is 0 Å². The largest absolute Gasteiger partial charge is 0.478 e. The van der Waals surface area contributed by atoms with Crippen molar-refractivity contribution in [2.45, 2.75) is 9.79 Å². The Bertz CT molecular complexity index is 626. The summed E-state index contributed by atoms with van der Waals surface area (Å²) in [6.45, 7) is 0. The number of aromatic carboxylic acids is 1. The molecule has 0 spiro atoms. The molecule has 0 fully saturated rings. The van der Waals surface area contributed by atoms with Crippen LogP contribution in [0.3, 0.4) is 0 Å². The number of benzene rings is 1. The lowest BCUT2D eigenvalue weighted by Crippen LogP contribution is -2.03. The lowest BCUT2D eigenvalue weighted by molar-refractivity contribution is 0.0696. The van der Waals surface area contributed by atoms with Gasteiger partial charge in [0.25, 0.3) is 18.1 Å². The van der Waals surface area contributed by atoms with Gasteiger partial charge in [0, 0.05) is 21.4 Å². The number of carbonyl (C=O) groups is 1. The van der Waals surface area contributed by atoms with Crippen molar-refractivity contribution in [1.82, 2.24) is 0 Å². The third-order valence-electron chi connectivity index (χ3n) is 1.69. The predicted octanol–water partition coefficient (Wildman–Crippen LogP) is 1.24. The summed E-state index contributed by atoms with van der Waals surface area (Å²) in [5.74, 6) is -1.51. The minimum Gasteiger partial charge on any atom is -0.478 e. The summed E-state index contributed by atoms with van der Waals surface area (Å²) in [5.41, 5.74) is -0.550. The molecule has 0 aromatic heterocycles. The van der Waals surface area contributed by atoms with Crippen molar-refractivity contribution < 1.29 is 26.7 Å². The van der Waals surface area contributed by atoms with Gasteiger partial charge in [0.15, 0.2) is 0 Å². The van der Waals surface area contributed by atoms with Crippen LogP contribution in [0.25, 0.3) is 0 Å². The van der Waals surface area contributed by atoms with Gasteiger partial charge in [-0.1, -0.05) is 0 Å². The average molecular weight is 319 g/mol. The van der Waals surface area contributed by atoms with Crippen molar-refractivity contribution in [1.29, 1.82) is 0 Å². The first-order valence-corrected chi connectivity index (χ1v) is 8.41. The van der Waals surface area contributed by atoms with E-state index in [9.17, 15) is 21.6 Å².